The van der Waals surface area contributed by atoms with Crippen LogP contribution in [0.5, 0.6) is 0 Å². The van der Waals surface area contributed by atoms with Crippen molar-refractivity contribution in [1.29, 1.82) is 10.5 Å². The van der Waals surface area contributed by atoms with Crippen LogP contribution in [0.15, 0.2) is 41.3 Å². The quantitative estimate of drug-likeness (QED) is 0.300. The van der Waals surface area contributed by atoms with Crippen LogP contribution in [0.4, 0.5) is 13.2 Å². The number of nitriles is 2. The van der Waals surface area contributed by atoms with Crippen LogP contribution in [0.2, 0.25) is 0 Å². The van der Waals surface area contributed by atoms with E-state index < -0.39 is 20.2 Å². The first kappa shape index (κ1) is 24.8. The summed E-state index contributed by atoms with van der Waals surface area (Å²) in [6, 6.07) is 12.7. The van der Waals surface area contributed by atoms with Gasteiger partial charge >= 0.3 is 5.51 Å². The molecular formula is C28H13F3N4O2S. The minimum Gasteiger partial charge on any atom is -0.226 e. The maximum atomic E-state index is 13.6. The van der Waals surface area contributed by atoms with Gasteiger partial charge in [0.25, 0.3) is 21.2 Å². The maximum Gasteiger partial charge on any atom is 0.501 e. The molecule has 2 aliphatic carbocycles. The van der Waals surface area contributed by atoms with E-state index in [0.29, 0.717) is 16.7 Å². The number of hydrogen-bond acceptors (Lipinski definition) is 4. The predicted molar refractivity (Wildman–Crippen MR) is 131 cm³/mol. The summed E-state index contributed by atoms with van der Waals surface area (Å²) in [5, 5.41) is 20.1. The molecule has 2 aliphatic rings. The van der Waals surface area contributed by atoms with Gasteiger partial charge in [-0.05, 0) is 81.1 Å². The van der Waals surface area contributed by atoms with Gasteiger partial charge in [0.15, 0.2) is 0 Å². The Bertz CT molecular complexity index is 2000. The zero-order valence-electron chi connectivity index (χ0n) is 19.5. The summed E-state index contributed by atoms with van der Waals surface area (Å²) in [5.41, 5.74) is -2.31. The number of rotatable bonds is 1. The molecule has 38 heavy (non-hydrogen) atoms. The molecule has 0 heterocycles. The van der Waals surface area contributed by atoms with Gasteiger partial charge in [-0.3, -0.25) is 0 Å². The molecule has 3 aromatic carbocycles. The number of alkyl halides is 3. The van der Waals surface area contributed by atoms with Crippen LogP contribution in [0.1, 0.15) is 27.8 Å². The minimum atomic E-state index is -5.74. The van der Waals surface area contributed by atoms with Gasteiger partial charge in [-0.15, -0.1) is 0 Å². The third kappa shape index (κ3) is 3.18. The molecule has 0 aromatic heterocycles. The first-order valence-electron chi connectivity index (χ1n) is 11.1. The van der Waals surface area contributed by atoms with Gasteiger partial charge in [-0.25, -0.2) is 28.6 Å². The second kappa shape index (κ2) is 8.32. The molecule has 0 saturated heterocycles. The first-order valence-corrected chi connectivity index (χ1v) is 12.5. The Morgan fingerprint density at radius 1 is 0.842 bits per heavy atom. The third-order valence-electron chi connectivity index (χ3n) is 7.00. The Morgan fingerprint density at radius 3 is 1.87 bits per heavy atom. The predicted octanol–water partition coefficient (Wildman–Crippen LogP) is 4.53. The molecule has 0 saturated carbocycles. The smallest absolute Gasteiger partial charge is 0.226 e. The van der Waals surface area contributed by atoms with Gasteiger partial charge in [0.05, 0.1) is 30.2 Å². The molecule has 10 heteroatoms. The topological polar surface area (TPSA) is 90.4 Å². The standard InChI is InChI=1S/C28H13F3N4O2S/c1-14-6-4-7-15-17(14)10-19-24(21(12-32)34-2)20-11-18-16(26(20)27(25(15)19)22(13-33)35-3)8-5-9-23(18)38(36,37)28(29,30)31/h4-9H,10-11H2,1H3/b24-21+,27-22+. The zero-order valence-corrected chi connectivity index (χ0v) is 20.3. The van der Waals surface area contributed by atoms with E-state index in [-0.39, 0.29) is 56.9 Å². The van der Waals surface area contributed by atoms with Crippen molar-refractivity contribution < 1.29 is 21.6 Å². The Labute approximate surface area is 215 Å². The van der Waals surface area contributed by atoms with Gasteiger partial charge in [-0.1, -0.05) is 30.3 Å². The summed E-state index contributed by atoms with van der Waals surface area (Å²) in [5.74, 6) is 0. The molecule has 0 atom stereocenters. The molecule has 184 valence electrons. The lowest BCUT2D eigenvalue weighted by atomic mass is 9.90. The highest BCUT2D eigenvalue weighted by molar-refractivity contribution is 7.92. The zero-order chi connectivity index (χ0) is 27.6. The monoisotopic (exact) mass is 526 g/mol. The van der Waals surface area contributed by atoms with Crippen LogP contribution in [0.25, 0.3) is 43.3 Å². The summed E-state index contributed by atoms with van der Waals surface area (Å²) >= 11 is 0. The van der Waals surface area contributed by atoms with Crippen molar-refractivity contribution in [3.8, 4) is 34.4 Å². The molecular weight excluding hydrogens is 513 g/mol. The van der Waals surface area contributed by atoms with Gasteiger partial charge in [-0.2, -0.15) is 13.2 Å². The van der Waals surface area contributed by atoms with Crippen molar-refractivity contribution in [1.82, 2.24) is 0 Å². The van der Waals surface area contributed by atoms with E-state index >= 15 is 0 Å². The molecule has 0 aliphatic heterocycles. The second-order valence-electron chi connectivity index (χ2n) is 8.79. The fourth-order valence-corrected chi connectivity index (χ4v) is 6.50. The number of sulfone groups is 1. The summed E-state index contributed by atoms with van der Waals surface area (Å²) < 4.78 is 65.7. The number of hydrogen-bond donors (Lipinski definition) is 0. The molecule has 0 N–H and O–H groups in total. The van der Waals surface area contributed by atoms with E-state index in [1.807, 2.05) is 25.1 Å². The summed E-state index contributed by atoms with van der Waals surface area (Å²) in [7, 11) is -5.74. The first-order chi connectivity index (χ1) is 18.0. The average molecular weight is 526 g/mol. The Morgan fingerprint density at radius 2 is 1.34 bits per heavy atom. The van der Waals surface area contributed by atoms with Crippen LogP contribution in [-0.2, 0) is 22.7 Å². The molecule has 0 amide bonds. The van der Waals surface area contributed by atoms with Crippen molar-refractivity contribution in [2.24, 2.45) is 0 Å². The van der Waals surface area contributed by atoms with Gasteiger partial charge < -0.3 is 0 Å². The highest BCUT2D eigenvalue weighted by atomic mass is 32.2. The van der Waals surface area contributed by atoms with Crippen LogP contribution >= 0.6 is 0 Å². The fourth-order valence-electron chi connectivity index (χ4n) is 5.49. The number of benzene rings is 3. The fraction of sp³-hybridized carbons (Fsp3) is 0.143. The Kier molecular flexibility index (Phi) is 5.42. The van der Waals surface area contributed by atoms with E-state index in [2.05, 4.69) is 9.69 Å². The van der Waals surface area contributed by atoms with Crippen molar-refractivity contribution in [3.05, 3.63) is 97.5 Å². The highest BCUT2D eigenvalue weighted by Gasteiger charge is 2.49. The molecule has 0 spiro atoms. The van der Waals surface area contributed by atoms with E-state index in [1.54, 1.807) is 12.1 Å². The lowest BCUT2D eigenvalue weighted by Gasteiger charge is -2.13. The van der Waals surface area contributed by atoms with Crippen LogP contribution in [0, 0.1) is 42.7 Å². The molecule has 0 unspecified atom stereocenters. The van der Waals surface area contributed by atoms with E-state index in [0.717, 1.165) is 17.2 Å². The summed E-state index contributed by atoms with van der Waals surface area (Å²) in [6.45, 7) is 17.2. The van der Waals surface area contributed by atoms with Crippen LogP contribution in [-0.4, -0.2) is 13.9 Å². The lowest BCUT2D eigenvalue weighted by molar-refractivity contribution is -0.0436. The molecule has 0 radical (unpaired) electrons. The summed E-state index contributed by atoms with van der Waals surface area (Å²) in [4.78, 5) is 5.84. The number of halogens is 3. The largest absolute Gasteiger partial charge is 0.501 e. The number of aryl methyl sites for hydroxylation is 1. The molecule has 0 fully saturated rings. The van der Waals surface area contributed by atoms with Gasteiger partial charge in [0.1, 0.15) is 0 Å². The number of nitrogens with zero attached hydrogens (tertiary/aromatic N) is 4. The van der Waals surface area contributed by atoms with E-state index in [9.17, 15) is 32.1 Å². The average Bonchev–Trinajstić information content (AvgIpc) is 3.45. The van der Waals surface area contributed by atoms with E-state index in [4.69, 9.17) is 13.1 Å². The lowest BCUT2D eigenvalue weighted by Crippen LogP contribution is -2.26. The van der Waals surface area contributed by atoms with Gasteiger partial charge in [0.2, 0.25) is 0 Å². The third-order valence-corrected chi connectivity index (χ3v) is 8.57. The second-order valence-corrected chi connectivity index (χ2v) is 10.7. The van der Waals surface area contributed by atoms with Crippen molar-refractivity contribution in [2.45, 2.75) is 30.2 Å². The maximum absolute atomic E-state index is 13.6. The SMILES string of the molecule is [C-]#[N+]/C(C#N)=c1\c2c(/c(=C(/C#N)[N+]#[C-])c3c1Cc1c-3cccc1S(=O)(=O)C(F)(F)F)-c1cccc(C)c1C2. The van der Waals surface area contributed by atoms with Crippen LogP contribution < -0.4 is 10.4 Å². The molecule has 0 bridgehead atoms. The Balaban J connectivity index is 2.10. The Hall–Kier alpha value is -4.90. The van der Waals surface area contributed by atoms with Crippen molar-refractivity contribution in [3.63, 3.8) is 0 Å². The minimum absolute atomic E-state index is 0.115. The molecule has 3 aromatic rings. The summed E-state index contributed by atoms with van der Waals surface area (Å²) in [6.07, 6.45) is -0.0487. The number of fused-ring (bicyclic) bond motifs is 6. The van der Waals surface area contributed by atoms with Crippen molar-refractivity contribution in [2.75, 3.05) is 0 Å². The van der Waals surface area contributed by atoms with Gasteiger partial charge in [0, 0.05) is 5.22 Å². The van der Waals surface area contributed by atoms with E-state index in [1.165, 1.54) is 12.1 Å². The normalized spacial score (nSPS) is 14.5. The highest BCUT2D eigenvalue weighted by Crippen LogP contribution is 2.44. The molecule has 6 nitrogen and oxygen atoms in total. The molecule has 5 rings (SSSR count). The van der Waals surface area contributed by atoms with Crippen molar-refractivity contribution >= 4 is 21.2 Å². The van der Waals surface area contributed by atoms with Crippen LogP contribution in [0.3, 0.4) is 0 Å².